The Morgan fingerprint density at radius 3 is 2.20 bits per heavy atom. The predicted octanol–water partition coefficient (Wildman–Crippen LogP) is 0.251. The van der Waals surface area contributed by atoms with Crippen molar-refractivity contribution in [3.63, 3.8) is 0 Å². The molecule has 0 amide bonds. The minimum absolute atomic E-state index is 0.210. The lowest BCUT2D eigenvalue weighted by molar-refractivity contribution is -0.164. The van der Waals surface area contributed by atoms with E-state index in [0.29, 0.717) is 6.42 Å². The third-order valence-corrected chi connectivity index (χ3v) is 2.58. The fourth-order valence-corrected chi connectivity index (χ4v) is 1.85. The summed E-state index contributed by atoms with van der Waals surface area (Å²) in [5, 5.41) is 9.58. The van der Waals surface area contributed by atoms with Gasteiger partial charge in [0.25, 0.3) is 0 Å². The van der Waals surface area contributed by atoms with Gasteiger partial charge in [0.2, 0.25) is 0 Å². The van der Waals surface area contributed by atoms with Gasteiger partial charge >= 0.3 is 11.9 Å². The molecule has 0 aromatic heterocycles. The Balaban J connectivity index is 2.68. The lowest BCUT2D eigenvalue weighted by Crippen LogP contribution is -2.33. The van der Waals surface area contributed by atoms with Gasteiger partial charge in [-0.3, -0.25) is 9.59 Å². The first-order valence-electron chi connectivity index (χ1n) is 4.94. The first-order chi connectivity index (χ1) is 6.91. The van der Waals surface area contributed by atoms with E-state index in [9.17, 15) is 14.7 Å². The second-order valence-corrected chi connectivity index (χ2v) is 3.88. The van der Waals surface area contributed by atoms with Gasteiger partial charge in [0, 0.05) is 26.2 Å². The van der Waals surface area contributed by atoms with Gasteiger partial charge in [-0.2, -0.15) is 0 Å². The van der Waals surface area contributed by atoms with E-state index in [1.165, 1.54) is 13.8 Å². The molecule has 86 valence electrons. The number of ether oxygens (including phenoxy) is 2. The molecule has 1 aliphatic rings. The molecule has 0 aliphatic heterocycles. The number of hydrogen-bond donors (Lipinski definition) is 1. The Bertz CT molecular complexity index is 263. The monoisotopic (exact) mass is 216 g/mol. The van der Waals surface area contributed by atoms with E-state index < -0.39 is 30.3 Å². The van der Waals surface area contributed by atoms with Gasteiger partial charge in [0.15, 0.2) is 0 Å². The van der Waals surface area contributed by atoms with Crippen LogP contribution in [0.25, 0.3) is 0 Å². The summed E-state index contributed by atoms with van der Waals surface area (Å²) in [6.45, 7) is 4.35. The molecule has 0 aromatic carbocycles. The molecule has 1 N–H and O–H groups in total. The van der Waals surface area contributed by atoms with Gasteiger partial charge in [-0.15, -0.1) is 0 Å². The highest BCUT2D eigenvalue weighted by atomic mass is 16.6. The maximum Gasteiger partial charge on any atom is 0.303 e. The Morgan fingerprint density at radius 1 is 1.20 bits per heavy atom. The zero-order valence-corrected chi connectivity index (χ0v) is 9.10. The van der Waals surface area contributed by atoms with Crippen molar-refractivity contribution in [2.45, 2.75) is 45.5 Å². The predicted molar refractivity (Wildman–Crippen MR) is 50.9 cm³/mol. The summed E-state index contributed by atoms with van der Waals surface area (Å²) < 4.78 is 10.0. The number of aliphatic hydroxyl groups excluding tert-OH is 1. The van der Waals surface area contributed by atoms with Gasteiger partial charge in [-0.05, 0) is 0 Å². The van der Waals surface area contributed by atoms with Crippen molar-refractivity contribution >= 4 is 11.9 Å². The zero-order chi connectivity index (χ0) is 11.6. The summed E-state index contributed by atoms with van der Waals surface area (Å²) in [7, 11) is 0. The van der Waals surface area contributed by atoms with E-state index in [1.807, 2.05) is 0 Å². The minimum Gasteiger partial charge on any atom is -0.458 e. The average Bonchev–Trinajstić information content (AvgIpc) is 2.31. The molecule has 0 spiro atoms. The highest BCUT2D eigenvalue weighted by Crippen LogP contribution is 2.31. The van der Waals surface area contributed by atoms with Gasteiger partial charge < -0.3 is 14.6 Å². The molecule has 15 heavy (non-hydrogen) atoms. The molecular weight excluding hydrogens is 200 g/mol. The lowest BCUT2D eigenvalue weighted by Gasteiger charge is -2.21. The van der Waals surface area contributed by atoms with Crippen LogP contribution in [0.4, 0.5) is 0 Å². The number of hydrogen-bond acceptors (Lipinski definition) is 5. The first kappa shape index (κ1) is 12.0. The van der Waals surface area contributed by atoms with E-state index in [-0.39, 0.29) is 5.92 Å². The van der Waals surface area contributed by atoms with Gasteiger partial charge in [0.1, 0.15) is 12.2 Å². The van der Waals surface area contributed by atoms with Crippen LogP contribution in [-0.2, 0) is 19.1 Å². The summed E-state index contributed by atoms with van der Waals surface area (Å²) in [6.07, 6.45) is -1.35. The number of carbonyl (C=O) groups is 2. The molecule has 1 aliphatic carbocycles. The van der Waals surface area contributed by atoms with Crippen LogP contribution in [0.1, 0.15) is 27.2 Å². The van der Waals surface area contributed by atoms with Crippen molar-refractivity contribution in [1.29, 1.82) is 0 Å². The molecule has 5 heteroatoms. The quantitative estimate of drug-likeness (QED) is 0.670. The summed E-state index contributed by atoms with van der Waals surface area (Å²) in [4.78, 5) is 21.6. The normalized spacial score (nSPS) is 34.9. The number of aliphatic hydroxyl groups is 1. The molecule has 5 nitrogen and oxygen atoms in total. The van der Waals surface area contributed by atoms with E-state index >= 15 is 0 Å². The van der Waals surface area contributed by atoms with Crippen LogP contribution < -0.4 is 0 Å². The number of rotatable bonds is 2. The summed E-state index contributed by atoms with van der Waals surface area (Å²) in [5.41, 5.74) is 0. The molecule has 0 aromatic rings. The van der Waals surface area contributed by atoms with Crippen LogP contribution in [0.5, 0.6) is 0 Å². The molecule has 0 bridgehead atoms. The van der Waals surface area contributed by atoms with Crippen molar-refractivity contribution < 1.29 is 24.2 Å². The summed E-state index contributed by atoms with van der Waals surface area (Å²) in [6, 6.07) is 0. The summed E-state index contributed by atoms with van der Waals surface area (Å²) >= 11 is 0. The average molecular weight is 216 g/mol. The minimum atomic E-state index is -0.598. The van der Waals surface area contributed by atoms with Crippen molar-refractivity contribution in [3.8, 4) is 0 Å². The second-order valence-electron chi connectivity index (χ2n) is 3.88. The Kier molecular flexibility index (Phi) is 3.68. The molecule has 1 saturated carbocycles. The fraction of sp³-hybridized carbons (Fsp3) is 0.800. The van der Waals surface area contributed by atoms with Gasteiger partial charge in [0.05, 0.1) is 6.10 Å². The first-order valence-corrected chi connectivity index (χ1v) is 4.94. The highest BCUT2D eigenvalue weighted by Gasteiger charge is 2.44. The number of carbonyl (C=O) groups excluding carboxylic acids is 2. The lowest BCUT2D eigenvalue weighted by atomic mass is 10.1. The van der Waals surface area contributed by atoms with Crippen LogP contribution >= 0.6 is 0 Å². The molecule has 0 radical (unpaired) electrons. The standard InChI is InChI=1S/C10H16O5/c1-5-8(13)4-9(14-6(2)11)10(5)15-7(3)12/h5,8-10,13H,4H2,1-3H3/t5-,8+,9+,10+/m0/s1. The maximum atomic E-state index is 10.8. The van der Waals surface area contributed by atoms with Gasteiger partial charge in [-0.25, -0.2) is 0 Å². The summed E-state index contributed by atoms with van der Waals surface area (Å²) in [5.74, 6) is -1.07. The highest BCUT2D eigenvalue weighted by molar-refractivity contribution is 5.67. The Hall–Kier alpha value is -1.10. The van der Waals surface area contributed by atoms with Crippen LogP contribution in [0, 0.1) is 5.92 Å². The van der Waals surface area contributed by atoms with Gasteiger partial charge in [-0.1, -0.05) is 6.92 Å². The van der Waals surface area contributed by atoms with Crippen molar-refractivity contribution in [2.24, 2.45) is 5.92 Å². The molecule has 1 rings (SSSR count). The van der Waals surface area contributed by atoms with E-state index in [1.54, 1.807) is 6.92 Å². The van der Waals surface area contributed by atoms with Crippen molar-refractivity contribution in [1.82, 2.24) is 0 Å². The largest absolute Gasteiger partial charge is 0.458 e. The maximum absolute atomic E-state index is 10.8. The van der Waals surface area contributed by atoms with Crippen molar-refractivity contribution in [2.75, 3.05) is 0 Å². The van der Waals surface area contributed by atoms with Crippen LogP contribution in [0.15, 0.2) is 0 Å². The van der Waals surface area contributed by atoms with Crippen LogP contribution in [0.2, 0.25) is 0 Å². The molecule has 0 saturated heterocycles. The van der Waals surface area contributed by atoms with Crippen LogP contribution in [-0.4, -0.2) is 35.4 Å². The zero-order valence-electron chi connectivity index (χ0n) is 9.10. The number of esters is 2. The fourth-order valence-electron chi connectivity index (χ4n) is 1.85. The van der Waals surface area contributed by atoms with Crippen molar-refractivity contribution in [3.05, 3.63) is 0 Å². The third kappa shape index (κ3) is 2.92. The second kappa shape index (κ2) is 4.61. The molecule has 0 heterocycles. The molecule has 1 fully saturated rings. The smallest absolute Gasteiger partial charge is 0.303 e. The Labute approximate surface area is 88.4 Å². The molecule has 4 atom stereocenters. The van der Waals surface area contributed by atoms with E-state index in [4.69, 9.17) is 9.47 Å². The van der Waals surface area contributed by atoms with E-state index in [0.717, 1.165) is 0 Å². The third-order valence-electron chi connectivity index (χ3n) is 2.58. The molecular formula is C10H16O5. The van der Waals surface area contributed by atoms with Crippen LogP contribution in [0.3, 0.4) is 0 Å². The SMILES string of the molecule is CC(=O)O[C@@H]1[C@@H](C)[C@H](O)C[C@H]1OC(C)=O. The Morgan fingerprint density at radius 2 is 1.73 bits per heavy atom. The topological polar surface area (TPSA) is 72.8 Å². The molecule has 0 unspecified atom stereocenters. The van der Waals surface area contributed by atoms with E-state index in [2.05, 4.69) is 0 Å².